The van der Waals surface area contributed by atoms with Crippen molar-refractivity contribution < 1.29 is 35.4 Å². The third-order valence-electron chi connectivity index (χ3n) is 4.63. The maximum atomic E-state index is 11.0. The topological polar surface area (TPSA) is 127 Å². The van der Waals surface area contributed by atoms with Crippen molar-refractivity contribution in [3.63, 3.8) is 0 Å². The van der Waals surface area contributed by atoms with Gasteiger partial charge >= 0.3 is 0 Å². The first-order chi connectivity index (χ1) is 15.0. The van der Waals surface area contributed by atoms with E-state index in [0.717, 1.165) is 10.8 Å². The predicted molar refractivity (Wildman–Crippen MR) is 121 cm³/mol. The molecular formula is C22H20O8S2. The van der Waals surface area contributed by atoms with E-state index in [1.807, 2.05) is 12.1 Å². The quantitative estimate of drug-likeness (QED) is 0.420. The van der Waals surface area contributed by atoms with E-state index in [1.54, 1.807) is 36.4 Å². The first kappa shape index (κ1) is 23.5. The van der Waals surface area contributed by atoms with Crippen LogP contribution in [0.4, 0.5) is 0 Å². The highest BCUT2D eigenvalue weighted by atomic mass is 32.2. The monoisotopic (exact) mass is 476 g/mol. The van der Waals surface area contributed by atoms with Gasteiger partial charge in [-0.25, -0.2) is 0 Å². The van der Waals surface area contributed by atoms with Crippen LogP contribution in [0, 0.1) is 0 Å². The van der Waals surface area contributed by atoms with Crippen molar-refractivity contribution in [2.24, 2.45) is 0 Å². The minimum atomic E-state index is -4.15. The number of hydrogen-bond acceptors (Lipinski definition) is 6. The van der Waals surface area contributed by atoms with Crippen molar-refractivity contribution in [1.29, 1.82) is 0 Å². The Morgan fingerprint density at radius 2 is 0.875 bits per heavy atom. The standard InChI is InChI=1S/2C11H10O4S/c2*1-15-10-4-2-8-3-5-11(16(12,13)14)7-9(8)6-10/h2*2-7H,1H3,(H,12,13,14). The molecule has 0 fully saturated rings. The summed E-state index contributed by atoms with van der Waals surface area (Å²) in [6.07, 6.45) is 0. The molecule has 4 aromatic rings. The van der Waals surface area contributed by atoms with Crippen molar-refractivity contribution in [1.82, 2.24) is 0 Å². The van der Waals surface area contributed by atoms with Crippen molar-refractivity contribution in [2.45, 2.75) is 9.79 Å². The van der Waals surface area contributed by atoms with Crippen LogP contribution in [-0.4, -0.2) is 40.2 Å². The number of fused-ring (bicyclic) bond motifs is 2. The summed E-state index contributed by atoms with van der Waals surface area (Å²) in [6.45, 7) is 0. The maximum Gasteiger partial charge on any atom is 0.294 e. The molecule has 32 heavy (non-hydrogen) atoms. The second-order valence-corrected chi connectivity index (χ2v) is 9.54. The number of ether oxygens (including phenoxy) is 2. The Bertz CT molecular complexity index is 1380. The molecule has 0 heterocycles. The smallest absolute Gasteiger partial charge is 0.294 e. The Balaban J connectivity index is 0.000000181. The Morgan fingerprint density at radius 3 is 1.19 bits per heavy atom. The fraction of sp³-hybridized carbons (Fsp3) is 0.0909. The second kappa shape index (κ2) is 9.13. The third-order valence-corrected chi connectivity index (χ3v) is 6.33. The van der Waals surface area contributed by atoms with Crippen LogP contribution in [0.15, 0.2) is 82.6 Å². The molecule has 0 aliphatic rings. The van der Waals surface area contributed by atoms with Gasteiger partial charge < -0.3 is 9.47 Å². The molecule has 0 saturated carbocycles. The molecule has 0 aliphatic carbocycles. The van der Waals surface area contributed by atoms with E-state index in [0.29, 0.717) is 22.3 Å². The number of rotatable bonds is 4. The van der Waals surface area contributed by atoms with Gasteiger partial charge in [-0.15, -0.1) is 0 Å². The van der Waals surface area contributed by atoms with E-state index >= 15 is 0 Å². The largest absolute Gasteiger partial charge is 0.497 e. The van der Waals surface area contributed by atoms with Crippen LogP contribution in [0.2, 0.25) is 0 Å². The summed E-state index contributed by atoms with van der Waals surface area (Å²) in [4.78, 5) is -0.235. The molecule has 2 N–H and O–H groups in total. The van der Waals surface area contributed by atoms with Gasteiger partial charge in [0.1, 0.15) is 11.5 Å². The minimum Gasteiger partial charge on any atom is -0.497 e. The summed E-state index contributed by atoms with van der Waals surface area (Å²) in [5.41, 5.74) is 0. The molecule has 0 bridgehead atoms. The van der Waals surface area contributed by atoms with Gasteiger partial charge in [-0.2, -0.15) is 16.8 Å². The highest BCUT2D eigenvalue weighted by Gasteiger charge is 2.10. The van der Waals surface area contributed by atoms with E-state index in [4.69, 9.17) is 18.6 Å². The molecule has 0 aromatic heterocycles. The Morgan fingerprint density at radius 1 is 0.531 bits per heavy atom. The SMILES string of the molecule is COc1ccc2ccc(S(=O)(=O)O)cc2c1.COc1ccc2ccc(S(=O)(=O)O)cc2c1. The van der Waals surface area contributed by atoms with Gasteiger partial charge in [0.25, 0.3) is 20.2 Å². The lowest BCUT2D eigenvalue weighted by Gasteiger charge is -2.03. The third kappa shape index (κ3) is 5.54. The first-order valence-electron chi connectivity index (χ1n) is 9.12. The van der Waals surface area contributed by atoms with Crippen LogP contribution >= 0.6 is 0 Å². The molecule has 4 aromatic carbocycles. The van der Waals surface area contributed by atoms with Crippen molar-refractivity contribution in [3.8, 4) is 11.5 Å². The zero-order chi connectivity index (χ0) is 23.5. The minimum absolute atomic E-state index is 0.117. The van der Waals surface area contributed by atoms with E-state index in [9.17, 15) is 16.8 Å². The number of methoxy groups -OCH3 is 2. The summed E-state index contributed by atoms with van der Waals surface area (Å²) >= 11 is 0. The molecule has 0 saturated heterocycles. The average molecular weight is 477 g/mol. The molecule has 0 aliphatic heterocycles. The van der Waals surface area contributed by atoms with Gasteiger partial charge in [0.05, 0.1) is 24.0 Å². The van der Waals surface area contributed by atoms with E-state index in [2.05, 4.69) is 0 Å². The van der Waals surface area contributed by atoms with Crippen LogP contribution < -0.4 is 9.47 Å². The van der Waals surface area contributed by atoms with Crippen molar-refractivity contribution >= 4 is 41.8 Å². The molecule has 0 radical (unpaired) electrons. The molecule has 0 atom stereocenters. The highest BCUT2D eigenvalue weighted by Crippen LogP contribution is 2.24. The highest BCUT2D eigenvalue weighted by molar-refractivity contribution is 7.86. The van der Waals surface area contributed by atoms with Gasteiger partial charge in [-0.3, -0.25) is 9.11 Å². The molecule has 10 heteroatoms. The van der Waals surface area contributed by atoms with Crippen molar-refractivity contribution in [2.75, 3.05) is 14.2 Å². The van der Waals surface area contributed by atoms with Gasteiger partial charge in [-0.1, -0.05) is 24.3 Å². The van der Waals surface area contributed by atoms with E-state index < -0.39 is 20.2 Å². The molecule has 0 unspecified atom stereocenters. The zero-order valence-corrected chi connectivity index (χ0v) is 18.7. The normalized spacial score (nSPS) is 11.6. The molecule has 0 spiro atoms. The Kier molecular flexibility index (Phi) is 6.70. The maximum absolute atomic E-state index is 11.0. The van der Waals surface area contributed by atoms with Gasteiger partial charge in [0, 0.05) is 0 Å². The Labute approximate surface area is 185 Å². The molecular weight excluding hydrogens is 456 g/mol. The van der Waals surface area contributed by atoms with Gasteiger partial charge in [0.2, 0.25) is 0 Å². The summed E-state index contributed by atoms with van der Waals surface area (Å²) in [7, 11) is -5.24. The van der Waals surface area contributed by atoms with E-state index in [1.165, 1.54) is 38.5 Å². The second-order valence-electron chi connectivity index (χ2n) is 6.70. The lowest BCUT2D eigenvalue weighted by Crippen LogP contribution is -1.97. The van der Waals surface area contributed by atoms with Crippen LogP contribution in [0.5, 0.6) is 11.5 Å². The van der Waals surface area contributed by atoms with Gasteiger partial charge in [0.15, 0.2) is 0 Å². The molecule has 0 amide bonds. The average Bonchev–Trinajstić information content (AvgIpc) is 2.76. The predicted octanol–water partition coefficient (Wildman–Crippen LogP) is 4.19. The summed E-state index contributed by atoms with van der Waals surface area (Å²) in [5, 5.41) is 3.17. The van der Waals surface area contributed by atoms with Crippen LogP contribution in [0.25, 0.3) is 21.5 Å². The molecule has 8 nitrogen and oxygen atoms in total. The van der Waals surface area contributed by atoms with Gasteiger partial charge in [-0.05, 0) is 70.1 Å². The lowest BCUT2D eigenvalue weighted by molar-refractivity contribution is 0.415. The summed E-state index contributed by atoms with van der Waals surface area (Å²) in [6, 6.07) is 19.5. The fourth-order valence-electron chi connectivity index (χ4n) is 2.98. The fourth-order valence-corrected chi connectivity index (χ4v) is 4.01. The first-order valence-corrected chi connectivity index (χ1v) is 12.0. The zero-order valence-electron chi connectivity index (χ0n) is 17.1. The van der Waals surface area contributed by atoms with Crippen molar-refractivity contribution in [3.05, 3.63) is 72.8 Å². The van der Waals surface area contributed by atoms with Crippen LogP contribution in [-0.2, 0) is 20.2 Å². The van der Waals surface area contributed by atoms with E-state index in [-0.39, 0.29) is 9.79 Å². The number of hydrogen-bond donors (Lipinski definition) is 2. The number of benzene rings is 4. The lowest BCUT2D eigenvalue weighted by atomic mass is 10.1. The molecule has 4 rings (SSSR count). The summed E-state index contributed by atoms with van der Waals surface area (Å²) < 4.78 is 71.7. The Hall–Kier alpha value is -3.18. The summed E-state index contributed by atoms with van der Waals surface area (Å²) in [5.74, 6) is 1.28. The molecule has 168 valence electrons. The van der Waals surface area contributed by atoms with Crippen LogP contribution in [0.1, 0.15) is 0 Å². The van der Waals surface area contributed by atoms with Crippen LogP contribution in [0.3, 0.4) is 0 Å².